The lowest BCUT2D eigenvalue weighted by Crippen LogP contribution is -2.17. The average Bonchev–Trinajstić information content (AvgIpc) is 2.83. The summed E-state index contributed by atoms with van der Waals surface area (Å²) in [6, 6.07) is 8.70. The Bertz CT molecular complexity index is 518. The van der Waals surface area contributed by atoms with Crippen molar-refractivity contribution in [1.29, 1.82) is 0 Å². The van der Waals surface area contributed by atoms with E-state index in [1.807, 2.05) is 0 Å². The van der Waals surface area contributed by atoms with Gasteiger partial charge in [-0.15, -0.1) is 0 Å². The first-order valence-corrected chi connectivity index (χ1v) is 7.06. The monoisotopic (exact) mass is 260 g/mol. The molecule has 104 valence electrons. The molecule has 2 aromatic rings. The Morgan fingerprint density at radius 1 is 1.32 bits per heavy atom. The van der Waals surface area contributed by atoms with Gasteiger partial charge in [-0.25, -0.2) is 0 Å². The molecule has 3 nitrogen and oxygen atoms in total. The molecule has 0 aliphatic carbocycles. The lowest BCUT2D eigenvalue weighted by atomic mass is 10.1. The van der Waals surface area contributed by atoms with Crippen LogP contribution in [0.2, 0.25) is 0 Å². The molecule has 0 aliphatic rings. The first-order chi connectivity index (χ1) is 9.26. The van der Waals surface area contributed by atoms with Gasteiger partial charge in [0.1, 0.15) is 0 Å². The zero-order valence-corrected chi connectivity index (χ0v) is 12.1. The van der Waals surface area contributed by atoms with Crippen molar-refractivity contribution >= 4 is 10.9 Å². The highest BCUT2D eigenvalue weighted by molar-refractivity contribution is 5.83. The largest absolute Gasteiger partial charge is 0.380 e. The van der Waals surface area contributed by atoms with E-state index in [9.17, 15) is 0 Å². The number of fused-ring (bicyclic) bond motifs is 1. The molecule has 19 heavy (non-hydrogen) atoms. The predicted molar refractivity (Wildman–Crippen MR) is 80.4 cm³/mol. The van der Waals surface area contributed by atoms with Crippen LogP contribution in [0, 0.1) is 0 Å². The number of nitrogens with one attached hydrogen (secondary N) is 1. The van der Waals surface area contributed by atoms with Crippen LogP contribution in [0.4, 0.5) is 0 Å². The molecule has 1 unspecified atom stereocenters. The fourth-order valence-electron chi connectivity index (χ4n) is 2.39. The topological polar surface area (TPSA) is 26.2 Å². The zero-order chi connectivity index (χ0) is 13.7. The maximum atomic E-state index is 5.37. The van der Waals surface area contributed by atoms with Gasteiger partial charge < -0.3 is 14.6 Å². The molecule has 0 fully saturated rings. The van der Waals surface area contributed by atoms with Crippen LogP contribution in [0.25, 0.3) is 10.9 Å². The highest BCUT2D eigenvalue weighted by Gasteiger charge is 2.08. The van der Waals surface area contributed by atoms with Crippen molar-refractivity contribution < 1.29 is 4.74 Å². The second-order valence-corrected chi connectivity index (χ2v) is 5.05. The summed E-state index contributed by atoms with van der Waals surface area (Å²) in [6.07, 6.45) is 3.55. The van der Waals surface area contributed by atoms with Crippen LogP contribution < -0.4 is 5.32 Å². The van der Waals surface area contributed by atoms with E-state index in [0.29, 0.717) is 0 Å². The van der Waals surface area contributed by atoms with Crippen LogP contribution in [0.15, 0.2) is 30.5 Å². The van der Waals surface area contributed by atoms with Crippen molar-refractivity contribution in [2.45, 2.75) is 39.5 Å². The Morgan fingerprint density at radius 3 is 2.89 bits per heavy atom. The van der Waals surface area contributed by atoms with Crippen molar-refractivity contribution in [2.24, 2.45) is 0 Å². The molecule has 0 aliphatic heterocycles. The zero-order valence-electron chi connectivity index (χ0n) is 12.1. The number of ether oxygens (including phenoxy) is 1. The smallest absolute Gasteiger partial charge is 0.0722 e. The SMILES string of the molecule is CCCNCc1cccc2ccn(CC(C)OC)c12. The summed E-state index contributed by atoms with van der Waals surface area (Å²) in [4.78, 5) is 0. The Balaban J connectivity index is 2.27. The summed E-state index contributed by atoms with van der Waals surface area (Å²) < 4.78 is 7.67. The Kier molecular flexibility index (Phi) is 5.00. The van der Waals surface area contributed by atoms with Gasteiger partial charge in [0.05, 0.1) is 11.6 Å². The molecule has 0 saturated heterocycles. The third-order valence-electron chi connectivity index (χ3n) is 3.47. The maximum absolute atomic E-state index is 5.37. The van der Waals surface area contributed by atoms with Crippen LogP contribution in [0.3, 0.4) is 0 Å². The van der Waals surface area contributed by atoms with Crippen molar-refractivity contribution in [2.75, 3.05) is 13.7 Å². The predicted octanol–water partition coefficient (Wildman–Crippen LogP) is 3.18. The molecule has 1 aromatic carbocycles. The van der Waals surface area contributed by atoms with Crippen molar-refractivity contribution in [3.63, 3.8) is 0 Å². The molecule has 1 aromatic heterocycles. The molecular weight excluding hydrogens is 236 g/mol. The first-order valence-electron chi connectivity index (χ1n) is 7.06. The van der Waals surface area contributed by atoms with Crippen LogP contribution in [0.1, 0.15) is 25.8 Å². The molecule has 0 bridgehead atoms. The lowest BCUT2D eigenvalue weighted by Gasteiger charge is -2.14. The van der Waals surface area contributed by atoms with Gasteiger partial charge in [-0.2, -0.15) is 0 Å². The number of hydrogen-bond donors (Lipinski definition) is 1. The molecule has 3 heteroatoms. The van der Waals surface area contributed by atoms with Crippen molar-refractivity contribution in [3.8, 4) is 0 Å². The van der Waals surface area contributed by atoms with Crippen LogP contribution in [-0.2, 0) is 17.8 Å². The van der Waals surface area contributed by atoms with E-state index in [0.717, 1.165) is 26.1 Å². The number of nitrogens with zero attached hydrogens (tertiary/aromatic N) is 1. The summed E-state index contributed by atoms with van der Waals surface area (Å²) in [6.45, 7) is 7.17. The van der Waals surface area contributed by atoms with Gasteiger partial charge in [-0.1, -0.05) is 25.1 Å². The molecule has 0 spiro atoms. The molecule has 1 N–H and O–H groups in total. The van der Waals surface area contributed by atoms with Gasteiger partial charge in [-0.3, -0.25) is 0 Å². The van der Waals surface area contributed by atoms with E-state index < -0.39 is 0 Å². The van der Waals surface area contributed by atoms with Gasteiger partial charge in [-0.05, 0) is 36.9 Å². The van der Waals surface area contributed by atoms with E-state index in [2.05, 4.69) is 54.2 Å². The third kappa shape index (κ3) is 3.37. The fraction of sp³-hybridized carbons (Fsp3) is 0.500. The Morgan fingerprint density at radius 2 is 2.16 bits per heavy atom. The van der Waals surface area contributed by atoms with E-state index >= 15 is 0 Å². The first kappa shape index (κ1) is 14.1. The molecule has 0 radical (unpaired) electrons. The summed E-state index contributed by atoms with van der Waals surface area (Å²) in [5.74, 6) is 0. The number of para-hydroxylation sites is 1. The van der Waals surface area contributed by atoms with Gasteiger partial charge in [0.25, 0.3) is 0 Å². The molecular formula is C16H24N2O. The van der Waals surface area contributed by atoms with Crippen LogP contribution in [0.5, 0.6) is 0 Å². The van der Waals surface area contributed by atoms with Gasteiger partial charge in [0.2, 0.25) is 0 Å². The number of hydrogen-bond acceptors (Lipinski definition) is 2. The molecule has 2 rings (SSSR count). The Labute approximate surface area is 115 Å². The normalized spacial score (nSPS) is 13.0. The van der Waals surface area contributed by atoms with E-state index in [1.165, 1.54) is 16.5 Å². The summed E-state index contributed by atoms with van der Waals surface area (Å²) in [5.41, 5.74) is 2.69. The standard InChI is InChI=1S/C16H24N2O/c1-4-9-17-11-15-7-5-6-14-8-10-18(16(14)15)12-13(2)19-3/h5-8,10,13,17H,4,9,11-12H2,1-3H3. The molecule has 0 saturated carbocycles. The summed E-state index contributed by atoms with van der Waals surface area (Å²) in [5, 5.41) is 4.79. The highest BCUT2D eigenvalue weighted by Crippen LogP contribution is 2.21. The van der Waals surface area contributed by atoms with Crippen LogP contribution in [-0.4, -0.2) is 24.3 Å². The maximum Gasteiger partial charge on any atom is 0.0722 e. The van der Waals surface area contributed by atoms with Gasteiger partial charge >= 0.3 is 0 Å². The van der Waals surface area contributed by atoms with Crippen molar-refractivity contribution in [3.05, 3.63) is 36.0 Å². The van der Waals surface area contributed by atoms with E-state index in [4.69, 9.17) is 4.74 Å². The second kappa shape index (κ2) is 6.73. The number of aromatic nitrogens is 1. The van der Waals surface area contributed by atoms with Crippen LogP contribution >= 0.6 is 0 Å². The minimum absolute atomic E-state index is 0.229. The average molecular weight is 260 g/mol. The third-order valence-corrected chi connectivity index (χ3v) is 3.47. The number of benzene rings is 1. The molecule has 1 atom stereocenters. The van der Waals surface area contributed by atoms with E-state index in [-0.39, 0.29) is 6.10 Å². The van der Waals surface area contributed by atoms with E-state index in [1.54, 1.807) is 7.11 Å². The van der Waals surface area contributed by atoms with Gasteiger partial charge in [0, 0.05) is 26.4 Å². The summed E-state index contributed by atoms with van der Waals surface area (Å²) >= 11 is 0. The number of methoxy groups -OCH3 is 1. The van der Waals surface area contributed by atoms with Gasteiger partial charge in [0.15, 0.2) is 0 Å². The van der Waals surface area contributed by atoms with Crippen molar-refractivity contribution in [1.82, 2.24) is 9.88 Å². The quantitative estimate of drug-likeness (QED) is 0.774. The summed E-state index contributed by atoms with van der Waals surface area (Å²) in [7, 11) is 1.76. The number of rotatable bonds is 7. The fourth-order valence-corrected chi connectivity index (χ4v) is 2.39. The second-order valence-electron chi connectivity index (χ2n) is 5.05. The Hall–Kier alpha value is -1.32. The minimum Gasteiger partial charge on any atom is -0.380 e. The molecule has 1 heterocycles. The lowest BCUT2D eigenvalue weighted by molar-refractivity contribution is 0.104. The highest BCUT2D eigenvalue weighted by atomic mass is 16.5. The molecule has 0 amide bonds. The minimum atomic E-state index is 0.229.